The fraction of sp³-hybridized carbons (Fsp3) is 0.421. The molecule has 0 saturated carbocycles. The summed E-state index contributed by atoms with van der Waals surface area (Å²) >= 11 is 0. The van der Waals surface area contributed by atoms with Crippen LogP contribution in [0.1, 0.15) is 38.3 Å². The molecule has 2 heterocycles. The molecular weight excluding hydrogens is 270 g/mol. The Balaban J connectivity index is 1.68. The zero-order chi connectivity index (χ0) is 15.4. The van der Waals surface area contributed by atoms with Crippen molar-refractivity contribution >= 4 is 11.5 Å². The van der Waals surface area contributed by atoms with Crippen LogP contribution in [0.5, 0.6) is 0 Å². The summed E-state index contributed by atoms with van der Waals surface area (Å²) in [5, 5.41) is 3.34. The minimum absolute atomic E-state index is 0.542. The van der Waals surface area contributed by atoms with Crippen molar-refractivity contribution in [1.82, 2.24) is 9.88 Å². The van der Waals surface area contributed by atoms with Gasteiger partial charge in [0, 0.05) is 24.5 Å². The molecule has 116 valence electrons. The smallest absolute Gasteiger partial charge is 0.130 e. The third-order valence-corrected chi connectivity index (χ3v) is 4.18. The predicted octanol–water partition coefficient (Wildman–Crippen LogP) is 4.62. The van der Waals surface area contributed by atoms with Crippen LogP contribution in [0.3, 0.4) is 0 Å². The summed E-state index contributed by atoms with van der Waals surface area (Å²) in [5.41, 5.74) is 2.42. The number of pyridine rings is 1. The number of benzene rings is 1. The van der Waals surface area contributed by atoms with E-state index in [1.54, 1.807) is 0 Å². The standard InChI is InChI=1S/C19H25N3/c1-15(2)14-22-12-6-9-18(22)16-10-11-19(20-13-16)21-17-7-4-3-5-8-17/h3-5,7-8,10-11,13,15,18H,6,9,12,14H2,1-2H3,(H,20,21)/t18-/m1/s1. The first-order valence-corrected chi connectivity index (χ1v) is 8.24. The average Bonchev–Trinajstić information content (AvgIpc) is 2.96. The first-order valence-electron chi connectivity index (χ1n) is 8.24. The summed E-state index contributed by atoms with van der Waals surface area (Å²) in [4.78, 5) is 7.20. The normalized spacial score (nSPS) is 18.8. The Hall–Kier alpha value is -1.87. The van der Waals surface area contributed by atoms with E-state index in [-0.39, 0.29) is 0 Å². The van der Waals surface area contributed by atoms with Crippen LogP contribution in [0.2, 0.25) is 0 Å². The molecule has 1 N–H and O–H groups in total. The lowest BCUT2D eigenvalue weighted by Crippen LogP contribution is -2.27. The van der Waals surface area contributed by atoms with E-state index in [0.29, 0.717) is 12.0 Å². The third-order valence-electron chi connectivity index (χ3n) is 4.18. The Morgan fingerprint density at radius 3 is 2.68 bits per heavy atom. The number of hydrogen-bond acceptors (Lipinski definition) is 3. The number of nitrogens with one attached hydrogen (secondary N) is 1. The van der Waals surface area contributed by atoms with E-state index < -0.39 is 0 Å². The summed E-state index contributed by atoms with van der Waals surface area (Å²) in [6.07, 6.45) is 4.58. The van der Waals surface area contributed by atoms with Gasteiger partial charge in [-0.1, -0.05) is 38.1 Å². The van der Waals surface area contributed by atoms with E-state index in [1.165, 1.54) is 31.5 Å². The molecule has 3 heteroatoms. The molecule has 0 radical (unpaired) electrons. The Bertz CT molecular complexity index is 577. The second kappa shape index (κ2) is 6.93. The number of rotatable bonds is 5. The lowest BCUT2D eigenvalue weighted by molar-refractivity contribution is 0.228. The van der Waals surface area contributed by atoms with E-state index in [0.717, 1.165) is 11.5 Å². The highest BCUT2D eigenvalue weighted by atomic mass is 15.2. The molecular formula is C19H25N3. The van der Waals surface area contributed by atoms with E-state index in [1.807, 2.05) is 24.4 Å². The molecule has 0 unspecified atom stereocenters. The van der Waals surface area contributed by atoms with Crippen LogP contribution in [0.25, 0.3) is 0 Å². The van der Waals surface area contributed by atoms with Gasteiger partial charge in [-0.3, -0.25) is 4.90 Å². The van der Waals surface area contributed by atoms with Gasteiger partial charge < -0.3 is 5.32 Å². The Morgan fingerprint density at radius 2 is 2.00 bits per heavy atom. The molecule has 0 amide bonds. The maximum atomic E-state index is 4.59. The van der Waals surface area contributed by atoms with Gasteiger partial charge in [0.05, 0.1) is 0 Å². The second-order valence-electron chi connectivity index (χ2n) is 6.51. The van der Waals surface area contributed by atoms with Crippen LogP contribution in [-0.4, -0.2) is 23.0 Å². The molecule has 2 aromatic rings. The van der Waals surface area contributed by atoms with Crippen molar-refractivity contribution in [3.05, 3.63) is 54.2 Å². The van der Waals surface area contributed by atoms with Gasteiger partial charge in [-0.2, -0.15) is 0 Å². The first-order chi connectivity index (χ1) is 10.7. The monoisotopic (exact) mass is 295 g/mol. The quantitative estimate of drug-likeness (QED) is 0.872. The highest BCUT2D eigenvalue weighted by Gasteiger charge is 2.26. The summed E-state index contributed by atoms with van der Waals surface area (Å²) in [5.74, 6) is 1.62. The molecule has 1 saturated heterocycles. The number of anilines is 2. The molecule has 1 aliphatic heterocycles. The first kappa shape index (κ1) is 15.0. The van der Waals surface area contributed by atoms with Gasteiger partial charge in [0.1, 0.15) is 5.82 Å². The lowest BCUT2D eigenvalue weighted by Gasteiger charge is -2.26. The zero-order valence-corrected chi connectivity index (χ0v) is 13.5. The van der Waals surface area contributed by atoms with Crippen LogP contribution < -0.4 is 5.32 Å². The van der Waals surface area contributed by atoms with Gasteiger partial charge in [-0.05, 0) is 49.1 Å². The predicted molar refractivity (Wildman–Crippen MR) is 92.3 cm³/mol. The average molecular weight is 295 g/mol. The second-order valence-corrected chi connectivity index (χ2v) is 6.51. The number of hydrogen-bond donors (Lipinski definition) is 1. The van der Waals surface area contributed by atoms with Gasteiger partial charge in [0.25, 0.3) is 0 Å². The van der Waals surface area contributed by atoms with Crippen molar-refractivity contribution in [1.29, 1.82) is 0 Å². The van der Waals surface area contributed by atoms with Gasteiger partial charge in [0.2, 0.25) is 0 Å². The van der Waals surface area contributed by atoms with E-state index >= 15 is 0 Å². The minimum Gasteiger partial charge on any atom is -0.340 e. The molecule has 3 rings (SSSR count). The largest absolute Gasteiger partial charge is 0.340 e. The van der Waals surface area contributed by atoms with Crippen LogP contribution in [-0.2, 0) is 0 Å². The highest BCUT2D eigenvalue weighted by molar-refractivity contribution is 5.55. The van der Waals surface area contributed by atoms with Crippen molar-refractivity contribution in [2.45, 2.75) is 32.7 Å². The Kier molecular flexibility index (Phi) is 4.74. The summed E-state index contributed by atoms with van der Waals surface area (Å²) in [6, 6.07) is 15.0. The summed E-state index contributed by atoms with van der Waals surface area (Å²) in [6.45, 7) is 6.97. The van der Waals surface area contributed by atoms with Gasteiger partial charge >= 0.3 is 0 Å². The van der Waals surface area contributed by atoms with E-state index in [4.69, 9.17) is 0 Å². The molecule has 1 atom stereocenters. The molecule has 1 aromatic carbocycles. The van der Waals surface area contributed by atoms with Crippen LogP contribution in [0, 0.1) is 5.92 Å². The molecule has 0 aliphatic carbocycles. The maximum absolute atomic E-state index is 4.59. The van der Waals surface area contributed by atoms with Crippen molar-refractivity contribution in [2.75, 3.05) is 18.4 Å². The summed E-state index contributed by atoms with van der Waals surface area (Å²) < 4.78 is 0. The third kappa shape index (κ3) is 3.66. The molecule has 3 nitrogen and oxygen atoms in total. The zero-order valence-electron chi connectivity index (χ0n) is 13.5. The number of nitrogens with zero attached hydrogens (tertiary/aromatic N) is 2. The van der Waals surface area contributed by atoms with Crippen molar-refractivity contribution in [3.63, 3.8) is 0 Å². The number of para-hydroxylation sites is 1. The minimum atomic E-state index is 0.542. The van der Waals surface area contributed by atoms with Crippen molar-refractivity contribution < 1.29 is 0 Å². The Labute approximate surface area is 133 Å². The highest BCUT2D eigenvalue weighted by Crippen LogP contribution is 2.32. The molecule has 1 fully saturated rings. The number of aromatic nitrogens is 1. The molecule has 0 spiro atoms. The molecule has 1 aromatic heterocycles. The van der Waals surface area contributed by atoms with E-state index in [9.17, 15) is 0 Å². The van der Waals surface area contributed by atoms with Crippen LogP contribution in [0.15, 0.2) is 48.7 Å². The topological polar surface area (TPSA) is 28.2 Å². The van der Waals surface area contributed by atoms with Crippen LogP contribution >= 0.6 is 0 Å². The van der Waals surface area contributed by atoms with Crippen molar-refractivity contribution in [3.8, 4) is 0 Å². The number of likely N-dealkylation sites (tertiary alicyclic amines) is 1. The molecule has 22 heavy (non-hydrogen) atoms. The van der Waals surface area contributed by atoms with Gasteiger partial charge in [-0.25, -0.2) is 4.98 Å². The fourth-order valence-electron chi connectivity index (χ4n) is 3.24. The molecule has 0 bridgehead atoms. The SMILES string of the molecule is CC(C)CN1CCC[C@@H]1c1ccc(Nc2ccccc2)nc1. The van der Waals surface area contributed by atoms with E-state index in [2.05, 4.69) is 53.3 Å². The van der Waals surface area contributed by atoms with Crippen molar-refractivity contribution in [2.24, 2.45) is 5.92 Å². The van der Waals surface area contributed by atoms with Gasteiger partial charge in [0.15, 0.2) is 0 Å². The molecule has 1 aliphatic rings. The Morgan fingerprint density at radius 1 is 1.18 bits per heavy atom. The summed E-state index contributed by atoms with van der Waals surface area (Å²) in [7, 11) is 0. The fourth-order valence-corrected chi connectivity index (χ4v) is 3.24. The van der Waals surface area contributed by atoms with Gasteiger partial charge in [-0.15, -0.1) is 0 Å². The van der Waals surface area contributed by atoms with Crippen LogP contribution in [0.4, 0.5) is 11.5 Å². The lowest BCUT2D eigenvalue weighted by atomic mass is 10.1. The maximum Gasteiger partial charge on any atom is 0.130 e.